The molecule has 13 heteroatoms. The van der Waals surface area contributed by atoms with Crippen molar-refractivity contribution in [3.8, 4) is 17.0 Å². The van der Waals surface area contributed by atoms with Crippen LogP contribution in [0.25, 0.3) is 22.4 Å². The van der Waals surface area contributed by atoms with E-state index in [-0.39, 0.29) is 24.3 Å². The van der Waals surface area contributed by atoms with E-state index in [0.717, 1.165) is 28.1 Å². The minimum Gasteiger partial charge on any atom is -0.434 e. The maximum atomic E-state index is 12.8. The molecule has 12 nitrogen and oxygen atoms in total. The van der Waals surface area contributed by atoms with Gasteiger partial charge in [0.25, 0.3) is 0 Å². The van der Waals surface area contributed by atoms with E-state index >= 15 is 0 Å². The highest BCUT2D eigenvalue weighted by molar-refractivity contribution is 6.31. The Bertz CT molecular complexity index is 1820. The molecule has 1 atom stereocenters. The van der Waals surface area contributed by atoms with Crippen LogP contribution in [0.3, 0.4) is 0 Å². The van der Waals surface area contributed by atoms with E-state index in [9.17, 15) is 19.5 Å². The van der Waals surface area contributed by atoms with Crippen LogP contribution in [0.1, 0.15) is 49.6 Å². The van der Waals surface area contributed by atoms with Crippen molar-refractivity contribution >= 4 is 34.8 Å². The summed E-state index contributed by atoms with van der Waals surface area (Å²) >= 11 is 6.29. The lowest BCUT2D eigenvalue weighted by atomic mass is 9.99. The second-order valence-electron chi connectivity index (χ2n) is 11.9. The van der Waals surface area contributed by atoms with Gasteiger partial charge in [0.15, 0.2) is 5.58 Å². The number of carbonyl (C=O) groups excluding carboxylic acids is 2. The summed E-state index contributed by atoms with van der Waals surface area (Å²) in [6.45, 7) is 8.70. The van der Waals surface area contributed by atoms with Crippen molar-refractivity contribution < 1.29 is 28.6 Å². The number of piperidine rings is 1. The standard InChI is InChI=1S/C33H38ClN5O7/c1-4-44-33(43)45-25-6-8-29-30(16-25)46-32(42)39(29)23-9-12-36(13-10-23)17-24(41)18-38-28-11-14-37(21(3)40)19-26(28)31(35-38)22-5-7-27(34)20(2)15-22/h5-8,15-16,23-24,41H,4,9-14,17-19H2,1-3H3. The zero-order chi connectivity index (χ0) is 32.5. The summed E-state index contributed by atoms with van der Waals surface area (Å²) < 4.78 is 19.0. The number of fused-ring (bicyclic) bond motifs is 2. The summed E-state index contributed by atoms with van der Waals surface area (Å²) in [5, 5.41) is 16.8. The fourth-order valence-corrected chi connectivity index (χ4v) is 6.64. The third-order valence-corrected chi connectivity index (χ3v) is 9.26. The first kappa shape index (κ1) is 31.8. The Labute approximate surface area is 271 Å². The van der Waals surface area contributed by atoms with Gasteiger partial charge in [-0.05, 0) is 56.5 Å². The molecular weight excluding hydrogens is 614 g/mol. The van der Waals surface area contributed by atoms with Crippen LogP contribution < -0.4 is 10.5 Å². The number of rotatable bonds is 8. The molecule has 4 heterocycles. The number of aliphatic hydroxyl groups is 1. The van der Waals surface area contributed by atoms with Crippen LogP contribution >= 0.6 is 11.6 Å². The highest BCUT2D eigenvalue weighted by Gasteiger charge is 2.29. The van der Waals surface area contributed by atoms with Crippen LogP contribution in [0.4, 0.5) is 4.79 Å². The number of aryl methyl sites for hydroxylation is 1. The van der Waals surface area contributed by atoms with Crippen molar-refractivity contribution in [1.29, 1.82) is 0 Å². The van der Waals surface area contributed by atoms with Crippen LogP contribution in [0.5, 0.6) is 5.75 Å². The highest BCUT2D eigenvalue weighted by atomic mass is 35.5. The van der Waals surface area contributed by atoms with E-state index in [0.29, 0.717) is 74.7 Å². The second-order valence-corrected chi connectivity index (χ2v) is 12.4. The van der Waals surface area contributed by atoms with Crippen LogP contribution in [-0.4, -0.2) is 80.2 Å². The molecule has 0 bridgehead atoms. The average Bonchev–Trinajstić information content (AvgIpc) is 3.54. The molecule has 1 fully saturated rings. The third kappa shape index (κ3) is 6.55. The molecule has 2 aromatic carbocycles. The zero-order valence-electron chi connectivity index (χ0n) is 26.2. The van der Waals surface area contributed by atoms with Crippen molar-refractivity contribution in [3.63, 3.8) is 0 Å². The molecule has 6 rings (SSSR count). The number of aromatic nitrogens is 3. The van der Waals surface area contributed by atoms with Crippen molar-refractivity contribution in [2.75, 3.05) is 32.8 Å². The number of carbonyl (C=O) groups is 2. The fourth-order valence-electron chi connectivity index (χ4n) is 6.52. The molecule has 0 saturated carbocycles. The summed E-state index contributed by atoms with van der Waals surface area (Å²) in [5.41, 5.74) is 5.72. The predicted molar refractivity (Wildman–Crippen MR) is 171 cm³/mol. The third-order valence-electron chi connectivity index (χ3n) is 8.83. The minimum absolute atomic E-state index is 0.0264. The number of ether oxygens (including phenoxy) is 2. The van der Waals surface area contributed by atoms with Gasteiger partial charge in [0, 0.05) is 80.0 Å². The monoisotopic (exact) mass is 651 g/mol. The molecule has 2 aliphatic rings. The number of halogens is 1. The van der Waals surface area contributed by atoms with E-state index in [4.69, 9.17) is 30.6 Å². The lowest BCUT2D eigenvalue weighted by Crippen LogP contribution is -2.42. The molecule has 0 aliphatic carbocycles. The maximum absolute atomic E-state index is 12.8. The quantitative estimate of drug-likeness (QED) is 0.215. The molecule has 1 saturated heterocycles. The van der Waals surface area contributed by atoms with Gasteiger partial charge in [-0.2, -0.15) is 5.10 Å². The number of nitrogens with zero attached hydrogens (tertiary/aromatic N) is 5. The number of benzene rings is 2. The average molecular weight is 652 g/mol. The van der Waals surface area contributed by atoms with Gasteiger partial charge >= 0.3 is 11.9 Å². The van der Waals surface area contributed by atoms with E-state index in [1.165, 1.54) is 6.07 Å². The van der Waals surface area contributed by atoms with Crippen LogP contribution in [-0.2, 0) is 29.0 Å². The topological polar surface area (TPSA) is 132 Å². The van der Waals surface area contributed by atoms with Gasteiger partial charge in [-0.1, -0.05) is 17.7 Å². The van der Waals surface area contributed by atoms with Gasteiger partial charge in [0.1, 0.15) is 5.75 Å². The zero-order valence-corrected chi connectivity index (χ0v) is 27.0. The molecule has 1 N–H and O–H groups in total. The first-order valence-electron chi connectivity index (χ1n) is 15.6. The Morgan fingerprint density at radius 1 is 1.13 bits per heavy atom. The van der Waals surface area contributed by atoms with Gasteiger partial charge in [-0.25, -0.2) is 9.59 Å². The Kier molecular flexibility index (Phi) is 9.21. The minimum atomic E-state index is -0.817. The maximum Gasteiger partial charge on any atom is 0.513 e. The molecule has 46 heavy (non-hydrogen) atoms. The molecule has 2 aromatic heterocycles. The van der Waals surface area contributed by atoms with Crippen LogP contribution in [0.15, 0.2) is 45.6 Å². The lowest BCUT2D eigenvalue weighted by molar-refractivity contribution is -0.129. The van der Waals surface area contributed by atoms with Crippen molar-refractivity contribution in [3.05, 3.63) is 68.8 Å². The number of hydrogen-bond acceptors (Lipinski definition) is 9. The number of aliphatic hydroxyl groups excluding tert-OH is 1. The van der Waals surface area contributed by atoms with E-state index in [1.54, 1.807) is 30.5 Å². The lowest BCUT2D eigenvalue weighted by Gasteiger charge is -2.33. The molecule has 244 valence electrons. The molecule has 0 radical (unpaired) electrons. The van der Waals surface area contributed by atoms with E-state index in [1.807, 2.05) is 34.7 Å². The first-order valence-corrected chi connectivity index (χ1v) is 16.0. The molecular formula is C33H38ClN5O7. The Morgan fingerprint density at radius 3 is 2.63 bits per heavy atom. The molecule has 4 aromatic rings. The largest absolute Gasteiger partial charge is 0.513 e. The van der Waals surface area contributed by atoms with Gasteiger partial charge in [0.2, 0.25) is 5.91 Å². The van der Waals surface area contributed by atoms with Gasteiger partial charge in [0.05, 0.1) is 30.5 Å². The first-order chi connectivity index (χ1) is 22.1. The van der Waals surface area contributed by atoms with Gasteiger partial charge in [-0.15, -0.1) is 0 Å². The molecule has 0 spiro atoms. The van der Waals surface area contributed by atoms with E-state index < -0.39 is 18.0 Å². The van der Waals surface area contributed by atoms with Crippen LogP contribution in [0.2, 0.25) is 5.02 Å². The van der Waals surface area contributed by atoms with Crippen molar-refractivity contribution in [2.24, 2.45) is 0 Å². The van der Waals surface area contributed by atoms with Gasteiger partial charge in [-0.3, -0.25) is 14.0 Å². The smallest absolute Gasteiger partial charge is 0.434 e. The number of likely N-dealkylation sites (tertiary alicyclic amines) is 1. The molecule has 1 unspecified atom stereocenters. The Balaban J connectivity index is 1.12. The second kappa shape index (κ2) is 13.3. The fraction of sp³-hybridized carbons (Fsp3) is 0.455. The summed E-state index contributed by atoms with van der Waals surface area (Å²) in [7, 11) is 0. The number of hydrogen-bond donors (Lipinski definition) is 1. The van der Waals surface area contributed by atoms with Gasteiger partial charge < -0.3 is 28.8 Å². The van der Waals surface area contributed by atoms with Crippen molar-refractivity contribution in [1.82, 2.24) is 24.1 Å². The summed E-state index contributed by atoms with van der Waals surface area (Å²) in [6, 6.07) is 10.6. The van der Waals surface area contributed by atoms with Crippen LogP contribution in [0, 0.1) is 6.92 Å². The normalized spacial score (nSPS) is 16.4. The Morgan fingerprint density at radius 2 is 1.91 bits per heavy atom. The van der Waals surface area contributed by atoms with E-state index in [2.05, 4.69) is 4.90 Å². The molecule has 2 aliphatic heterocycles. The summed E-state index contributed by atoms with van der Waals surface area (Å²) in [5.74, 6) is -0.195. The summed E-state index contributed by atoms with van der Waals surface area (Å²) in [4.78, 5) is 40.7. The summed E-state index contributed by atoms with van der Waals surface area (Å²) in [6.07, 6.45) is 0.598. The number of oxazole rings is 1. The van der Waals surface area contributed by atoms with Crippen molar-refractivity contribution in [2.45, 2.75) is 65.3 Å². The predicted octanol–water partition coefficient (Wildman–Crippen LogP) is 4.56. The Hall–Kier alpha value is -4.13. The highest BCUT2D eigenvalue weighted by Crippen LogP contribution is 2.33. The molecule has 1 amide bonds. The number of amides is 1. The SMILES string of the molecule is CCOC(=O)Oc1ccc2c(c1)oc(=O)n2C1CCN(CC(O)Cn2nc(-c3ccc(Cl)c(C)c3)c3c2CCN(C(C)=O)C3)CC1. The number of β-amino-alcohol motifs (C(OH)–C–C–N with tert-alkyl or cyclic N) is 1.